The minimum atomic E-state index is -0.236. The van der Waals surface area contributed by atoms with E-state index in [0.29, 0.717) is 5.75 Å². The number of aromatic hydroxyl groups is 3. The van der Waals surface area contributed by atoms with Crippen LogP contribution in [0, 0.1) is 13.8 Å². The number of hydrogen-bond acceptors (Lipinski definition) is 3. The molecule has 0 aliphatic rings. The lowest BCUT2D eigenvalue weighted by Crippen LogP contribution is -2.19. The lowest BCUT2D eigenvalue weighted by Gasteiger charge is -2.30. The van der Waals surface area contributed by atoms with Crippen LogP contribution in [0.2, 0.25) is 0 Å². The average Bonchev–Trinajstić information content (AvgIpc) is 2.66. The van der Waals surface area contributed by atoms with E-state index in [1.165, 1.54) is 0 Å². The van der Waals surface area contributed by atoms with Crippen LogP contribution in [0.1, 0.15) is 86.4 Å². The van der Waals surface area contributed by atoms with Crippen LogP contribution in [0.4, 0.5) is 0 Å². The van der Waals surface area contributed by atoms with Gasteiger partial charge in [-0.2, -0.15) is 0 Å². The largest absolute Gasteiger partial charge is 0.508 e. The highest BCUT2D eigenvalue weighted by Gasteiger charge is 2.29. The van der Waals surface area contributed by atoms with Crippen molar-refractivity contribution in [1.82, 2.24) is 0 Å². The van der Waals surface area contributed by atoms with Crippen LogP contribution in [0.25, 0.3) is 0 Å². The molecule has 0 radical (unpaired) electrons. The molecule has 0 aromatic heterocycles. The van der Waals surface area contributed by atoms with Crippen LogP contribution in [0.5, 0.6) is 17.2 Å². The number of phenols is 3. The summed E-state index contributed by atoms with van der Waals surface area (Å²) in [6, 6.07) is 15.6. The third-order valence-corrected chi connectivity index (χ3v) is 6.19. The molecule has 0 unspecified atom stereocenters. The lowest BCUT2D eigenvalue weighted by molar-refractivity contribution is 0.422. The second kappa shape index (κ2) is 8.20. The van der Waals surface area contributed by atoms with Gasteiger partial charge in [0, 0.05) is 5.92 Å². The standard InChI is InChI=1S/C29H36O3/c1-17-13-19(9-11-24(17)30)26(20-10-12-25(31)18(2)14-20)21-15-22(28(3,4)5)27(32)23(16-21)29(6,7)8/h9-16,26,30-32H,1-8H3. The predicted molar refractivity (Wildman–Crippen MR) is 132 cm³/mol. The van der Waals surface area contributed by atoms with Crippen LogP contribution in [0.3, 0.4) is 0 Å². The molecule has 3 heteroatoms. The highest BCUT2D eigenvalue weighted by atomic mass is 16.3. The number of aryl methyl sites for hydroxylation is 2. The summed E-state index contributed by atoms with van der Waals surface area (Å²) in [6.07, 6.45) is 0. The molecule has 0 amide bonds. The summed E-state index contributed by atoms with van der Waals surface area (Å²) in [4.78, 5) is 0. The monoisotopic (exact) mass is 432 g/mol. The van der Waals surface area contributed by atoms with Gasteiger partial charge in [-0.15, -0.1) is 0 Å². The molecule has 0 bridgehead atoms. The third kappa shape index (κ3) is 4.62. The second-order valence-corrected chi connectivity index (χ2v) is 11.0. The van der Waals surface area contributed by atoms with Crippen molar-refractivity contribution in [3.05, 3.63) is 87.5 Å². The van der Waals surface area contributed by atoms with Crippen LogP contribution in [-0.4, -0.2) is 15.3 Å². The lowest BCUT2D eigenvalue weighted by atomic mass is 9.75. The van der Waals surface area contributed by atoms with Gasteiger partial charge in [-0.1, -0.05) is 77.9 Å². The van der Waals surface area contributed by atoms with E-state index in [-0.39, 0.29) is 28.2 Å². The normalized spacial score (nSPS) is 12.4. The van der Waals surface area contributed by atoms with Crippen LogP contribution < -0.4 is 0 Å². The molecular formula is C29H36O3. The summed E-state index contributed by atoms with van der Waals surface area (Å²) in [5.74, 6) is 0.782. The van der Waals surface area contributed by atoms with Gasteiger partial charge in [0.15, 0.2) is 0 Å². The van der Waals surface area contributed by atoms with Crippen molar-refractivity contribution in [1.29, 1.82) is 0 Å². The average molecular weight is 433 g/mol. The van der Waals surface area contributed by atoms with Gasteiger partial charge in [-0.3, -0.25) is 0 Å². The quantitative estimate of drug-likeness (QED) is 0.384. The Bertz CT molecular complexity index is 1060. The molecular weight excluding hydrogens is 396 g/mol. The predicted octanol–water partition coefficient (Wildman–Crippen LogP) is 7.20. The molecule has 32 heavy (non-hydrogen) atoms. The fourth-order valence-corrected chi connectivity index (χ4v) is 4.26. The maximum Gasteiger partial charge on any atom is 0.123 e. The Hall–Kier alpha value is -2.94. The zero-order chi connectivity index (χ0) is 24.0. The van der Waals surface area contributed by atoms with E-state index in [1.54, 1.807) is 12.1 Å². The Morgan fingerprint density at radius 1 is 0.562 bits per heavy atom. The summed E-state index contributed by atoms with van der Waals surface area (Å²) in [5, 5.41) is 31.4. The highest BCUT2D eigenvalue weighted by molar-refractivity contribution is 5.56. The summed E-state index contributed by atoms with van der Waals surface area (Å²) < 4.78 is 0. The van der Waals surface area contributed by atoms with Crippen molar-refractivity contribution in [2.75, 3.05) is 0 Å². The molecule has 0 saturated carbocycles. The van der Waals surface area contributed by atoms with Crippen LogP contribution >= 0.6 is 0 Å². The zero-order valence-corrected chi connectivity index (χ0v) is 20.5. The van der Waals surface area contributed by atoms with Gasteiger partial charge in [0.2, 0.25) is 0 Å². The van der Waals surface area contributed by atoms with Gasteiger partial charge in [0.1, 0.15) is 17.2 Å². The van der Waals surface area contributed by atoms with Crippen molar-refractivity contribution in [2.24, 2.45) is 0 Å². The molecule has 3 nitrogen and oxygen atoms in total. The van der Waals surface area contributed by atoms with Crippen LogP contribution in [-0.2, 0) is 10.8 Å². The number of rotatable bonds is 3. The van der Waals surface area contributed by atoms with Gasteiger partial charge < -0.3 is 15.3 Å². The van der Waals surface area contributed by atoms with E-state index in [4.69, 9.17) is 0 Å². The second-order valence-electron chi connectivity index (χ2n) is 11.0. The van der Waals surface area contributed by atoms with Crippen molar-refractivity contribution < 1.29 is 15.3 Å². The molecule has 0 heterocycles. The van der Waals surface area contributed by atoms with E-state index in [1.807, 2.05) is 38.1 Å². The van der Waals surface area contributed by atoms with Gasteiger partial charge in [-0.25, -0.2) is 0 Å². The third-order valence-electron chi connectivity index (χ3n) is 6.19. The Labute approximate surface area is 192 Å². The molecule has 3 aromatic rings. The van der Waals surface area contributed by atoms with Crippen molar-refractivity contribution in [2.45, 2.75) is 72.1 Å². The Kier molecular flexibility index (Phi) is 6.08. The summed E-state index contributed by atoms with van der Waals surface area (Å²) in [7, 11) is 0. The maximum absolute atomic E-state index is 11.2. The van der Waals surface area contributed by atoms with Gasteiger partial charge >= 0.3 is 0 Å². The maximum atomic E-state index is 11.2. The molecule has 3 aromatic carbocycles. The topological polar surface area (TPSA) is 60.7 Å². The Morgan fingerprint density at radius 2 is 0.938 bits per heavy atom. The molecule has 170 valence electrons. The van der Waals surface area contributed by atoms with Crippen LogP contribution in [0.15, 0.2) is 48.5 Å². The Balaban J connectivity index is 2.38. The fraction of sp³-hybridized carbons (Fsp3) is 0.379. The minimum Gasteiger partial charge on any atom is -0.508 e. The van der Waals surface area contributed by atoms with Crippen molar-refractivity contribution in [3.63, 3.8) is 0 Å². The Morgan fingerprint density at radius 3 is 1.25 bits per heavy atom. The van der Waals surface area contributed by atoms with Crippen molar-refractivity contribution >= 4 is 0 Å². The van der Waals surface area contributed by atoms with E-state index < -0.39 is 0 Å². The van der Waals surface area contributed by atoms with E-state index in [2.05, 4.69) is 53.7 Å². The highest BCUT2D eigenvalue weighted by Crippen LogP contribution is 2.44. The van der Waals surface area contributed by atoms with Gasteiger partial charge in [0.05, 0.1) is 0 Å². The first-order valence-electron chi connectivity index (χ1n) is 11.2. The van der Waals surface area contributed by atoms with Gasteiger partial charge in [-0.05, 0) is 75.8 Å². The smallest absolute Gasteiger partial charge is 0.123 e. The first-order valence-corrected chi connectivity index (χ1v) is 11.2. The molecule has 3 rings (SSSR count). The zero-order valence-electron chi connectivity index (χ0n) is 20.5. The SMILES string of the molecule is Cc1cc(C(c2ccc(O)c(C)c2)c2cc(C(C)(C)C)c(O)c(C(C)(C)C)c2)ccc1O. The van der Waals surface area contributed by atoms with E-state index in [0.717, 1.165) is 38.9 Å². The number of hydrogen-bond donors (Lipinski definition) is 3. The summed E-state index contributed by atoms with van der Waals surface area (Å²) in [6.45, 7) is 16.5. The first kappa shape index (κ1) is 23.7. The van der Waals surface area contributed by atoms with E-state index >= 15 is 0 Å². The first-order chi connectivity index (χ1) is 14.7. The number of phenolic OH excluding ortho intramolecular Hbond substituents is 3. The molecule has 0 aliphatic heterocycles. The summed E-state index contributed by atoms with van der Waals surface area (Å²) in [5.41, 5.74) is 6.16. The molecule has 0 saturated heterocycles. The molecule has 0 fully saturated rings. The molecule has 0 atom stereocenters. The van der Waals surface area contributed by atoms with E-state index in [9.17, 15) is 15.3 Å². The molecule has 0 aliphatic carbocycles. The van der Waals surface area contributed by atoms with Crippen molar-refractivity contribution in [3.8, 4) is 17.2 Å². The molecule has 0 spiro atoms. The van der Waals surface area contributed by atoms with Gasteiger partial charge in [0.25, 0.3) is 0 Å². The number of benzene rings is 3. The summed E-state index contributed by atoms with van der Waals surface area (Å²) >= 11 is 0. The molecule has 3 N–H and O–H groups in total. The fourth-order valence-electron chi connectivity index (χ4n) is 4.26. The minimum absolute atomic E-state index is 0.114.